The molecule has 1 N–H and O–H groups in total. The molecule has 2 amide bonds. The SMILES string of the molecule is C[C@H]1C[C@@H]2[C@@H](CC(=O)N2C2CCCCC2)[C@@H]1CNC(=O)c1ccccc1. The van der Waals surface area contributed by atoms with E-state index in [1.807, 2.05) is 30.3 Å². The smallest absolute Gasteiger partial charge is 0.251 e. The van der Waals surface area contributed by atoms with Gasteiger partial charge in [0.1, 0.15) is 0 Å². The number of carbonyl (C=O) groups is 2. The topological polar surface area (TPSA) is 49.4 Å². The van der Waals surface area contributed by atoms with Crippen molar-refractivity contribution in [3.8, 4) is 0 Å². The summed E-state index contributed by atoms with van der Waals surface area (Å²) in [6.45, 7) is 2.98. The normalized spacial score (nSPS) is 31.9. The maximum atomic E-state index is 12.7. The summed E-state index contributed by atoms with van der Waals surface area (Å²) in [4.78, 5) is 27.4. The predicted molar refractivity (Wildman–Crippen MR) is 102 cm³/mol. The summed E-state index contributed by atoms with van der Waals surface area (Å²) in [5, 5.41) is 3.12. The quantitative estimate of drug-likeness (QED) is 0.898. The summed E-state index contributed by atoms with van der Waals surface area (Å²) in [7, 11) is 0. The van der Waals surface area contributed by atoms with E-state index in [1.165, 1.54) is 32.1 Å². The Morgan fingerprint density at radius 2 is 1.88 bits per heavy atom. The summed E-state index contributed by atoms with van der Waals surface area (Å²) >= 11 is 0. The standard InChI is InChI=1S/C22H30N2O2/c1-15-12-20-18(13-21(25)24(20)17-10-6-3-7-11-17)19(15)14-23-22(26)16-8-4-2-5-9-16/h2,4-5,8-9,15,17-20H,3,6-7,10-14H2,1H3,(H,23,26)/t15-,18-,19+,20+/m0/s1. The maximum Gasteiger partial charge on any atom is 0.251 e. The van der Waals surface area contributed by atoms with Gasteiger partial charge in [-0.25, -0.2) is 0 Å². The first-order chi connectivity index (χ1) is 12.6. The fraction of sp³-hybridized carbons (Fsp3) is 0.636. The van der Waals surface area contributed by atoms with Crippen molar-refractivity contribution in [3.63, 3.8) is 0 Å². The number of benzene rings is 1. The number of likely N-dealkylation sites (tertiary alicyclic amines) is 1. The molecule has 140 valence electrons. The number of amides is 2. The van der Waals surface area contributed by atoms with Crippen LogP contribution in [-0.2, 0) is 4.79 Å². The van der Waals surface area contributed by atoms with E-state index in [0.717, 1.165) is 6.42 Å². The van der Waals surface area contributed by atoms with Crippen molar-refractivity contribution in [2.75, 3.05) is 6.54 Å². The summed E-state index contributed by atoms with van der Waals surface area (Å²) < 4.78 is 0. The molecule has 4 nitrogen and oxygen atoms in total. The van der Waals surface area contributed by atoms with Crippen LogP contribution in [0.2, 0.25) is 0 Å². The second kappa shape index (κ2) is 7.42. The van der Waals surface area contributed by atoms with Crippen molar-refractivity contribution in [3.05, 3.63) is 35.9 Å². The summed E-state index contributed by atoms with van der Waals surface area (Å²) in [6, 6.07) is 10.3. The van der Waals surface area contributed by atoms with Gasteiger partial charge in [0.15, 0.2) is 0 Å². The molecule has 4 rings (SSSR count). The number of carbonyl (C=O) groups excluding carboxylic acids is 2. The van der Waals surface area contributed by atoms with E-state index in [-0.39, 0.29) is 5.91 Å². The van der Waals surface area contributed by atoms with Crippen LogP contribution in [0.15, 0.2) is 30.3 Å². The molecule has 2 saturated carbocycles. The minimum Gasteiger partial charge on any atom is -0.352 e. The van der Waals surface area contributed by atoms with Gasteiger partial charge in [0, 0.05) is 30.6 Å². The summed E-state index contributed by atoms with van der Waals surface area (Å²) in [5.41, 5.74) is 0.709. The Bertz CT molecular complexity index is 653. The lowest BCUT2D eigenvalue weighted by Gasteiger charge is -2.35. The van der Waals surface area contributed by atoms with Gasteiger partial charge in [-0.3, -0.25) is 9.59 Å². The van der Waals surface area contributed by atoms with Gasteiger partial charge in [-0.05, 0) is 49.1 Å². The van der Waals surface area contributed by atoms with E-state index < -0.39 is 0 Å². The molecule has 26 heavy (non-hydrogen) atoms. The highest BCUT2D eigenvalue weighted by Gasteiger charge is 2.52. The van der Waals surface area contributed by atoms with Gasteiger partial charge in [-0.2, -0.15) is 0 Å². The number of nitrogens with one attached hydrogen (secondary N) is 1. The monoisotopic (exact) mass is 354 g/mol. The van der Waals surface area contributed by atoms with Crippen LogP contribution < -0.4 is 5.32 Å². The molecule has 1 aliphatic heterocycles. The van der Waals surface area contributed by atoms with Crippen LogP contribution in [0, 0.1) is 17.8 Å². The van der Waals surface area contributed by atoms with E-state index in [2.05, 4.69) is 17.1 Å². The maximum absolute atomic E-state index is 12.7. The zero-order chi connectivity index (χ0) is 18.1. The number of nitrogens with zero attached hydrogens (tertiary/aromatic N) is 1. The number of hydrogen-bond acceptors (Lipinski definition) is 2. The molecular weight excluding hydrogens is 324 g/mol. The Morgan fingerprint density at radius 1 is 1.15 bits per heavy atom. The van der Waals surface area contributed by atoms with Crippen molar-refractivity contribution in [1.29, 1.82) is 0 Å². The first kappa shape index (κ1) is 17.6. The molecule has 1 saturated heterocycles. The van der Waals surface area contributed by atoms with Gasteiger partial charge < -0.3 is 10.2 Å². The Hall–Kier alpha value is -1.84. The fourth-order valence-electron chi connectivity index (χ4n) is 5.63. The van der Waals surface area contributed by atoms with Crippen LogP contribution in [-0.4, -0.2) is 35.3 Å². The Labute approximate surface area is 156 Å². The van der Waals surface area contributed by atoms with Crippen molar-refractivity contribution in [2.45, 2.75) is 64.0 Å². The minimum atomic E-state index is -0.00490. The third kappa shape index (κ3) is 3.26. The van der Waals surface area contributed by atoms with E-state index in [1.54, 1.807) is 0 Å². The highest BCUT2D eigenvalue weighted by atomic mass is 16.2. The molecule has 0 unspecified atom stereocenters. The third-order valence-electron chi connectivity index (χ3n) is 6.95. The van der Waals surface area contributed by atoms with Crippen LogP contribution in [0.5, 0.6) is 0 Å². The van der Waals surface area contributed by atoms with Gasteiger partial charge in [0.25, 0.3) is 5.91 Å². The number of hydrogen-bond donors (Lipinski definition) is 1. The lowest BCUT2D eigenvalue weighted by molar-refractivity contribution is -0.132. The van der Waals surface area contributed by atoms with Crippen LogP contribution in [0.3, 0.4) is 0 Å². The summed E-state index contributed by atoms with van der Waals surface area (Å²) in [6.07, 6.45) is 7.97. The number of rotatable bonds is 4. The molecule has 1 aromatic carbocycles. The molecule has 0 aromatic heterocycles. The summed E-state index contributed by atoms with van der Waals surface area (Å²) in [5.74, 6) is 1.73. The lowest BCUT2D eigenvalue weighted by atomic mass is 9.88. The molecule has 0 bridgehead atoms. The molecule has 1 aromatic rings. The molecule has 4 atom stereocenters. The zero-order valence-electron chi connectivity index (χ0n) is 15.7. The van der Waals surface area contributed by atoms with E-state index in [0.29, 0.717) is 54.3 Å². The molecule has 3 aliphatic rings. The van der Waals surface area contributed by atoms with Gasteiger partial charge in [0.2, 0.25) is 5.91 Å². The fourth-order valence-corrected chi connectivity index (χ4v) is 5.63. The van der Waals surface area contributed by atoms with Crippen LogP contribution in [0.25, 0.3) is 0 Å². The average molecular weight is 354 g/mol. The average Bonchev–Trinajstić information content (AvgIpc) is 3.14. The highest BCUT2D eigenvalue weighted by molar-refractivity contribution is 5.94. The first-order valence-electron chi connectivity index (χ1n) is 10.3. The predicted octanol–water partition coefficient (Wildman–Crippen LogP) is 3.62. The van der Waals surface area contributed by atoms with Gasteiger partial charge >= 0.3 is 0 Å². The molecular formula is C22H30N2O2. The van der Waals surface area contributed by atoms with Gasteiger partial charge in [-0.15, -0.1) is 0 Å². The Kier molecular flexibility index (Phi) is 5.01. The molecule has 2 aliphatic carbocycles. The molecule has 1 heterocycles. The second-order valence-corrected chi connectivity index (χ2v) is 8.48. The van der Waals surface area contributed by atoms with Crippen LogP contribution in [0.1, 0.15) is 62.2 Å². The van der Waals surface area contributed by atoms with Gasteiger partial charge in [0.05, 0.1) is 0 Å². The van der Waals surface area contributed by atoms with Crippen molar-refractivity contribution in [1.82, 2.24) is 10.2 Å². The third-order valence-corrected chi connectivity index (χ3v) is 6.95. The minimum absolute atomic E-state index is 0.00490. The molecule has 3 fully saturated rings. The van der Waals surface area contributed by atoms with E-state index in [9.17, 15) is 9.59 Å². The van der Waals surface area contributed by atoms with Crippen LogP contribution in [0.4, 0.5) is 0 Å². The second-order valence-electron chi connectivity index (χ2n) is 8.48. The molecule has 0 radical (unpaired) electrons. The molecule has 0 spiro atoms. The Balaban J connectivity index is 1.41. The largest absolute Gasteiger partial charge is 0.352 e. The lowest BCUT2D eigenvalue weighted by Crippen LogP contribution is -2.43. The van der Waals surface area contributed by atoms with Crippen molar-refractivity contribution in [2.24, 2.45) is 17.8 Å². The molecule has 4 heteroatoms. The Morgan fingerprint density at radius 3 is 2.62 bits per heavy atom. The van der Waals surface area contributed by atoms with Crippen molar-refractivity contribution >= 4 is 11.8 Å². The number of fused-ring (bicyclic) bond motifs is 1. The zero-order valence-corrected chi connectivity index (χ0v) is 15.7. The van der Waals surface area contributed by atoms with Crippen LogP contribution >= 0.6 is 0 Å². The van der Waals surface area contributed by atoms with E-state index >= 15 is 0 Å². The van der Waals surface area contributed by atoms with E-state index in [4.69, 9.17) is 0 Å². The first-order valence-corrected chi connectivity index (χ1v) is 10.3. The van der Waals surface area contributed by atoms with Gasteiger partial charge in [-0.1, -0.05) is 44.4 Å². The highest BCUT2D eigenvalue weighted by Crippen LogP contribution is 2.47. The van der Waals surface area contributed by atoms with Crippen molar-refractivity contribution < 1.29 is 9.59 Å².